The lowest BCUT2D eigenvalue weighted by atomic mass is 10.1. The topological polar surface area (TPSA) is 92.9 Å². The fourth-order valence-corrected chi connectivity index (χ4v) is 1.79. The zero-order valence-electron chi connectivity index (χ0n) is 12.4. The molecule has 1 amide bonds. The molecule has 1 N–H and O–H groups in total. The van der Waals surface area contributed by atoms with Crippen molar-refractivity contribution in [1.82, 2.24) is 4.90 Å². The Morgan fingerprint density at radius 3 is 2.33 bits per heavy atom. The molecule has 1 aromatic rings. The molecule has 116 valence electrons. The van der Waals surface area contributed by atoms with Gasteiger partial charge in [-0.05, 0) is 39.3 Å². The SMILES string of the molecule is CC(C)(C)N(CCCOc1ccc([N+](=O)[O-])cc1)C(=O)O. The molecule has 0 saturated heterocycles. The lowest BCUT2D eigenvalue weighted by molar-refractivity contribution is -0.384. The Morgan fingerprint density at radius 2 is 1.90 bits per heavy atom. The molecule has 0 bridgehead atoms. The average molecular weight is 296 g/mol. The summed E-state index contributed by atoms with van der Waals surface area (Å²) < 4.78 is 5.44. The molecule has 7 heteroatoms. The van der Waals surface area contributed by atoms with Crippen LogP contribution in [0, 0.1) is 10.1 Å². The summed E-state index contributed by atoms with van der Waals surface area (Å²) in [6.45, 7) is 6.21. The molecule has 0 aliphatic rings. The molecule has 0 aliphatic carbocycles. The molecular formula is C14H20N2O5. The highest BCUT2D eigenvalue weighted by molar-refractivity contribution is 5.65. The minimum absolute atomic E-state index is 0.00661. The van der Waals surface area contributed by atoms with Gasteiger partial charge in [0.2, 0.25) is 0 Å². The van der Waals surface area contributed by atoms with Crippen LogP contribution >= 0.6 is 0 Å². The highest BCUT2D eigenvalue weighted by atomic mass is 16.6. The fraction of sp³-hybridized carbons (Fsp3) is 0.500. The van der Waals surface area contributed by atoms with Crippen molar-refractivity contribution in [3.8, 4) is 5.75 Å². The Bertz CT molecular complexity index is 493. The minimum Gasteiger partial charge on any atom is -0.494 e. The van der Waals surface area contributed by atoms with Gasteiger partial charge in [0.25, 0.3) is 5.69 Å². The number of benzene rings is 1. The van der Waals surface area contributed by atoms with E-state index in [1.807, 2.05) is 20.8 Å². The van der Waals surface area contributed by atoms with Crippen LogP contribution in [-0.2, 0) is 0 Å². The summed E-state index contributed by atoms with van der Waals surface area (Å²) in [6.07, 6.45) is -0.418. The Labute approximate surface area is 123 Å². The van der Waals surface area contributed by atoms with Crippen molar-refractivity contribution >= 4 is 11.8 Å². The number of nitro groups is 1. The van der Waals surface area contributed by atoms with E-state index >= 15 is 0 Å². The van der Waals surface area contributed by atoms with Gasteiger partial charge in [-0.3, -0.25) is 10.1 Å². The Kier molecular flexibility index (Phi) is 5.52. The first-order valence-corrected chi connectivity index (χ1v) is 6.59. The lowest BCUT2D eigenvalue weighted by Crippen LogP contribution is -2.45. The number of amides is 1. The number of nitro benzene ring substituents is 1. The second-order valence-electron chi connectivity index (χ2n) is 5.56. The monoisotopic (exact) mass is 296 g/mol. The van der Waals surface area contributed by atoms with Crippen LogP contribution in [0.15, 0.2) is 24.3 Å². The first kappa shape index (κ1) is 16.7. The molecule has 0 atom stereocenters. The van der Waals surface area contributed by atoms with Gasteiger partial charge < -0.3 is 14.7 Å². The van der Waals surface area contributed by atoms with Gasteiger partial charge in [-0.2, -0.15) is 0 Å². The maximum atomic E-state index is 11.1. The second-order valence-corrected chi connectivity index (χ2v) is 5.56. The van der Waals surface area contributed by atoms with Gasteiger partial charge in [0, 0.05) is 24.2 Å². The zero-order valence-corrected chi connectivity index (χ0v) is 12.4. The van der Waals surface area contributed by atoms with E-state index in [1.165, 1.54) is 29.2 Å². The van der Waals surface area contributed by atoms with Crippen molar-refractivity contribution in [2.45, 2.75) is 32.7 Å². The van der Waals surface area contributed by atoms with Gasteiger partial charge in [0.05, 0.1) is 11.5 Å². The number of rotatable bonds is 6. The molecule has 0 heterocycles. The van der Waals surface area contributed by atoms with E-state index in [-0.39, 0.29) is 5.69 Å². The first-order chi connectivity index (χ1) is 9.71. The number of non-ortho nitro benzene ring substituents is 1. The number of ether oxygens (including phenoxy) is 1. The maximum Gasteiger partial charge on any atom is 0.407 e. The lowest BCUT2D eigenvalue weighted by Gasteiger charge is -2.33. The Morgan fingerprint density at radius 1 is 1.33 bits per heavy atom. The maximum absolute atomic E-state index is 11.1. The van der Waals surface area contributed by atoms with Crippen molar-refractivity contribution < 1.29 is 19.6 Å². The highest BCUT2D eigenvalue weighted by Crippen LogP contribution is 2.18. The molecule has 0 radical (unpaired) electrons. The van der Waals surface area contributed by atoms with Crippen LogP contribution in [-0.4, -0.2) is 39.7 Å². The third-order valence-corrected chi connectivity index (χ3v) is 2.88. The predicted molar refractivity (Wildman–Crippen MR) is 77.7 cm³/mol. The van der Waals surface area contributed by atoms with Crippen LogP contribution in [0.25, 0.3) is 0 Å². The normalized spacial score (nSPS) is 11.0. The van der Waals surface area contributed by atoms with E-state index in [2.05, 4.69) is 0 Å². The van der Waals surface area contributed by atoms with Gasteiger partial charge in [0.15, 0.2) is 0 Å². The van der Waals surface area contributed by atoms with Crippen LogP contribution in [0.5, 0.6) is 5.75 Å². The molecule has 0 saturated carbocycles. The summed E-state index contributed by atoms with van der Waals surface area (Å²) in [5, 5.41) is 19.6. The van der Waals surface area contributed by atoms with Crippen molar-refractivity contribution in [2.75, 3.05) is 13.2 Å². The van der Waals surface area contributed by atoms with Crippen LogP contribution in [0.2, 0.25) is 0 Å². The summed E-state index contributed by atoms with van der Waals surface area (Å²) in [5.74, 6) is 0.526. The molecule has 0 aromatic heterocycles. The van der Waals surface area contributed by atoms with E-state index in [0.717, 1.165) is 0 Å². The van der Waals surface area contributed by atoms with E-state index in [1.54, 1.807) is 0 Å². The van der Waals surface area contributed by atoms with E-state index in [9.17, 15) is 14.9 Å². The summed E-state index contributed by atoms with van der Waals surface area (Å²) in [5.41, 5.74) is -0.453. The number of carboxylic acid groups (broad SMARTS) is 1. The van der Waals surface area contributed by atoms with Gasteiger partial charge in [-0.1, -0.05) is 0 Å². The highest BCUT2D eigenvalue weighted by Gasteiger charge is 2.25. The third-order valence-electron chi connectivity index (χ3n) is 2.88. The van der Waals surface area contributed by atoms with Gasteiger partial charge in [0.1, 0.15) is 5.75 Å². The Balaban J connectivity index is 2.43. The predicted octanol–water partition coefficient (Wildman–Crippen LogP) is 3.14. The molecule has 21 heavy (non-hydrogen) atoms. The van der Waals surface area contributed by atoms with Gasteiger partial charge in [-0.25, -0.2) is 4.79 Å². The third kappa shape index (κ3) is 5.29. The molecule has 1 rings (SSSR count). The fourth-order valence-electron chi connectivity index (χ4n) is 1.79. The van der Waals surface area contributed by atoms with Crippen molar-refractivity contribution in [3.05, 3.63) is 34.4 Å². The smallest absolute Gasteiger partial charge is 0.407 e. The molecule has 7 nitrogen and oxygen atoms in total. The standard InChI is InChI=1S/C14H20N2O5/c1-14(2,3)15(13(17)18)9-4-10-21-12-7-5-11(6-8-12)16(19)20/h5-8H,4,9-10H2,1-3H3,(H,17,18). The van der Waals surface area contributed by atoms with E-state index in [0.29, 0.717) is 25.3 Å². The summed E-state index contributed by atoms with van der Waals surface area (Å²) in [4.78, 5) is 22.5. The summed E-state index contributed by atoms with van der Waals surface area (Å²) in [7, 11) is 0. The molecule has 0 unspecified atom stereocenters. The number of hydrogen-bond acceptors (Lipinski definition) is 4. The van der Waals surface area contributed by atoms with Crippen LogP contribution in [0.1, 0.15) is 27.2 Å². The molecule has 0 fully saturated rings. The minimum atomic E-state index is -0.960. The average Bonchev–Trinajstić information content (AvgIpc) is 2.37. The summed E-state index contributed by atoms with van der Waals surface area (Å²) in [6, 6.07) is 5.79. The van der Waals surface area contributed by atoms with Crippen molar-refractivity contribution in [1.29, 1.82) is 0 Å². The molecule has 0 spiro atoms. The van der Waals surface area contributed by atoms with Crippen molar-refractivity contribution in [3.63, 3.8) is 0 Å². The van der Waals surface area contributed by atoms with E-state index in [4.69, 9.17) is 9.84 Å². The van der Waals surface area contributed by atoms with Crippen LogP contribution in [0.4, 0.5) is 10.5 Å². The summed E-state index contributed by atoms with van der Waals surface area (Å²) >= 11 is 0. The largest absolute Gasteiger partial charge is 0.494 e. The van der Waals surface area contributed by atoms with Gasteiger partial charge in [-0.15, -0.1) is 0 Å². The van der Waals surface area contributed by atoms with E-state index < -0.39 is 16.6 Å². The molecule has 0 aliphatic heterocycles. The number of carbonyl (C=O) groups is 1. The Hall–Kier alpha value is -2.31. The zero-order chi connectivity index (χ0) is 16.0. The van der Waals surface area contributed by atoms with Crippen LogP contribution < -0.4 is 4.74 Å². The number of hydrogen-bond donors (Lipinski definition) is 1. The quantitative estimate of drug-likeness (QED) is 0.494. The molecule has 1 aromatic carbocycles. The first-order valence-electron chi connectivity index (χ1n) is 6.59. The second kappa shape index (κ2) is 6.92. The number of nitrogens with zero attached hydrogens (tertiary/aromatic N) is 2. The molecular weight excluding hydrogens is 276 g/mol. The van der Waals surface area contributed by atoms with Crippen LogP contribution in [0.3, 0.4) is 0 Å². The van der Waals surface area contributed by atoms with Crippen molar-refractivity contribution in [2.24, 2.45) is 0 Å². The van der Waals surface area contributed by atoms with Gasteiger partial charge >= 0.3 is 6.09 Å².